The van der Waals surface area contributed by atoms with Crippen LogP contribution in [-0.2, 0) is 11.2 Å². The molecule has 160 valence electrons. The van der Waals surface area contributed by atoms with Crippen molar-refractivity contribution in [2.24, 2.45) is 0 Å². The summed E-state index contributed by atoms with van der Waals surface area (Å²) in [5.41, 5.74) is 2.48. The highest BCUT2D eigenvalue weighted by Gasteiger charge is 2.17. The molecular formula is C26H29N2O3+. The van der Waals surface area contributed by atoms with Gasteiger partial charge in [0.2, 0.25) is 0 Å². The zero-order valence-corrected chi connectivity index (χ0v) is 18.0. The normalized spacial score (nSPS) is 11.7. The van der Waals surface area contributed by atoms with E-state index in [1.54, 1.807) is 36.4 Å². The van der Waals surface area contributed by atoms with Gasteiger partial charge in [-0.05, 0) is 29.8 Å². The maximum Gasteiger partial charge on any atom is 0.258 e. The Morgan fingerprint density at radius 1 is 0.839 bits per heavy atom. The Morgan fingerprint density at radius 3 is 2.03 bits per heavy atom. The average Bonchev–Trinajstić information content (AvgIpc) is 2.81. The molecule has 0 spiro atoms. The van der Waals surface area contributed by atoms with E-state index in [1.807, 2.05) is 36.4 Å². The first kappa shape index (κ1) is 22.2. The molecule has 0 aliphatic heterocycles. The first-order valence-electron chi connectivity index (χ1n) is 10.5. The van der Waals surface area contributed by atoms with Crippen molar-refractivity contribution in [3.8, 4) is 5.75 Å². The van der Waals surface area contributed by atoms with E-state index in [-0.39, 0.29) is 24.3 Å². The summed E-state index contributed by atoms with van der Waals surface area (Å²) in [5.74, 6) is 0.350. The molecule has 5 nitrogen and oxygen atoms in total. The van der Waals surface area contributed by atoms with E-state index < -0.39 is 0 Å². The molecule has 0 radical (unpaired) electrons. The van der Waals surface area contributed by atoms with Crippen LogP contribution in [0.5, 0.6) is 5.75 Å². The fraction of sp³-hybridized carbons (Fsp3) is 0.231. The fourth-order valence-corrected chi connectivity index (χ4v) is 3.27. The number of amides is 1. The smallest absolute Gasteiger partial charge is 0.258 e. The van der Waals surface area contributed by atoms with Crippen LogP contribution < -0.4 is 15.0 Å². The zero-order valence-electron chi connectivity index (χ0n) is 18.0. The summed E-state index contributed by atoms with van der Waals surface area (Å²) in [6.07, 6.45) is 0.890. The van der Waals surface area contributed by atoms with Gasteiger partial charge >= 0.3 is 0 Å². The molecule has 3 rings (SSSR count). The van der Waals surface area contributed by atoms with Crippen molar-refractivity contribution < 1.29 is 19.2 Å². The summed E-state index contributed by atoms with van der Waals surface area (Å²) in [5, 5.41) is 2.97. The second-order valence-corrected chi connectivity index (χ2v) is 7.78. The highest BCUT2D eigenvalue weighted by atomic mass is 16.5. The summed E-state index contributed by atoms with van der Waals surface area (Å²) in [6.45, 7) is 0.511. The van der Waals surface area contributed by atoms with Gasteiger partial charge in [-0.1, -0.05) is 60.7 Å². The third-order valence-electron chi connectivity index (χ3n) is 5.21. The number of benzene rings is 3. The quantitative estimate of drug-likeness (QED) is 0.497. The van der Waals surface area contributed by atoms with E-state index in [4.69, 9.17) is 4.74 Å². The van der Waals surface area contributed by atoms with Crippen LogP contribution in [0.25, 0.3) is 0 Å². The van der Waals surface area contributed by atoms with Crippen molar-refractivity contribution in [1.29, 1.82) is 0 Å². The van der Waals surface area contributed by atoms with Crippen LogP contribution in [0.4, 0.5) is 0 Å². The molecule has 0 saturated carbocycles. The number of hydrogen-bond acceptors (Lipinski definition) is 3. The van der Waals surface area contributed by atoms with Crippen molar-refractivity contribution in [1.82, 2.24) is 5.32 Å². The van der Waals surface area contributed by atoms with Crippen molar-refractivity contribution in [2.45, 2.75) is 12.5 Å². The van der Waals surface area contributed by atoms with E-state index in [0.29, 0.717) is 23.4 Å². The Balaban J connectivity index is 1.47. The number of ketones is 1. The third-order valence-corrected chi connectivity index (χ3v) is 5.21. The Labute approximate surface area is 183 Å². The van der Waals surface area contributed by atoms with Crippen LogP contribution in [0.2, 0.25) is 0 Å². The van der Waals surface area contributed by atoms with Gasteiger partial charge in [-0.2, -0.15) is 0 Å². The Bertz CT molecular complexity index is 971. The first-order chi connectivity index (χ1) is 15.0. The maximum atomic E-state index is 12.5. The van der Waals surface area contributed by atoms with Crippen LogP contribution in [-0.4, -0.2) is 45.0 Å². The molecule has 3 aromatic rings. The van der Waals surface area contributed by atoms with Crippen LogP contribution in [0.3, 0.4) is 0 Å². The first-order valence-corrected chi connectivity index (χ1v) is 10.5. The van der Waals surface area contributed by atoms with Crippen LogP contribution in [0, 0.1) is 0 Å². The Kier molecular flexibility index (Phi) is 7.96. The number of rotatable bonds is 10. The third kappa shape index (κ3) is 6.79. The molecule has 5 heteroatoms. The minimum Gasteiger partial charge on any atom is -0.484 e. The molecule has 1 amide bonds. The van der Waals surface area contributed by atoms with Crippen molar-refractivity contribution in [3.05, 3.63) is 102 Å². The molecule has 3 aromatic carbocycles. The largest absolute Gasteiger partial charge is 0.484 e. The highest BCUT2D eigenvalue weighted by molar-refractivity contribution is 6.08. The van der Waals surface area contributed by atoms with Crippen LogP contribution in [0.1, 0.15) is 21.5 Å². The summed E-state index contributed by atoms with van der Waals surface area (Å²) in [7, 11) is 4.18. The summed E-state index contributed by atoms with van der Waals surface area (Å²) in [4.78, 5) is 26.0. The molecule has 0 saturated heterocycles. The molecule has 0 aliphatic carbocycles. The van der Waals surface area contributed by atoms with E-state index in [0.717, 1.165) is 6.42 Å². The van der Waals surface area contributed by atoms with Crippen LogP contribution >= 0.6 is 0 Å². The summed E-state index contributed by atoms with van der Waals surface area (Å²) < 4.78 is 5.59. The van der Waals surface area contributed by atoms with Crippen molar-refractivity contribution in [3.63, 3.8) is 0 Å². The number of quaternary nitrogens is 1. The lowest BCUT2D eigenvalue weighted by molar-refractivity contribution is -0.884. The average molecular weight is 418 g/mol. The molecule has 2 N–H and O–H groups in total. The van der Waals surface area contributed by atoms with Gasteiger partial charge in [0.25, 0.3) is 5.91 Å². The number of carbonyl (C=O) groups excluding carboxylic acids is 2. The number of nitrogens with one attached hydrogen (secondary N) is 2. The van der Waals surface area contributed by atoms with Crippen molar-refractivity contribution in [2.75, 3.05) is 27.2 Å². The number of ether oxygens (including phenoxy) is 1. The van der Waals surface area contributed by atoms with Gasteiger partial charge in [0.05, 0.1) is 20.6 Å². The number of hydrogen-bond donors (Lipinski definition) is 2. The molecule has 0 aromatic heterocycles. The molecule has 1 atom stereocenters. The molecule has 0 aliphatic rings. The predicted molar refractivity (Wildman–Crippen MR) is 122 cm³/mol. The topological polar surface area (TPSA) is 59.8 Å². The second-order valence-electron chi connectivity index (χ2n) is 7.78. The van der Waals surface area contributed by atoms with E-state index in [9.17, 15) is 9.59 Å². The highest BCUT2D eigenvalue weighted by Crippen LogP contribution is 2.15. The van der Waals surface area contributed by atoms with Crippen LogP contribution in [0.15, 0.2) is 84.9 Å². The number of carbonyl (C=O) groups is 2. The summed E-state index contributed by atoms with van der Waals surface area (Å²) >= 11 is 0. The fourth-order valence-electron chi connectivity index (χ4n) is 3.27. The van der Waals surface area contributed by atoms with Crippen molar-refractivity contribution >= 4 is 11.7 Å². The van der Waals surface area contributed by atoms with E-state index in [2.05, 4.69) is 31.5 Å². The van der Waals surface area contributed by atoms with Gasteiger partial charge < -0.3 is 15.0 Å². The minimum atomic E-state index is -0.163. The molecular weight excluding hydrogens is 388 g/mol. The number of likely N-dealkylation sites (N-methyl/N-ethyl adjacent to an activating group) is 1. The lowest BCUT2D eigenvalue weighted by Crippen LogP contribution is -3.11. The van der Waals surface area contributed by atoms with Gasteiger partial charge in [-0.15, -0.1) is 0 Å². The van der Waals surface area contributed by atoms with Gasteiger partial charge in [-0.25, -0.2) is 0 Å². The lowest BCUT2D eigenvalue weighted by atomic mass is 10.0. The van der Waals surface area contributed by atoms with E-state index >= 15 is 0 Å². The Morgan fingerprint density at radius 2 is 1.42 bits per heavy atom. The standard InChI is InChI=1S/C26H28N2O3/c1-28(2)23(17-20-9-5-3-6-10-20)18-27-25(29)19-31-24-15-13-22(14-16-24)26(30)21-11-7-4-8-12-21/h3-16,23H,17-19H2,1-2H3,(H,27,29)/p+1/t23-/m0/s1. The van der Waals surface area contributed by atoms with Gasteiger partial charge in [-0.3, -0.25) is 9.59 Å². The lowest BCUT2D eigenvalue weighted by Gasteiger charge is -2.22. The molecule has 31 heavy (non-hydrogen) atoms. The summed E-state index contributed by atoms with van der Waals surface area (Å²) in [6, 6.07) is 26.5. The molecule has 0 heterocycles. The molecule has 0 unspecified atom stereocenters. The second kappa shape index (κ2) is 11.1. The van der Waals surface area contributed by atoms with Gasteiger partial charge in [0, 0.05) is 17.5 Å². The Hall–Kier alpha value is -3.44. The predicted octanol–water partition coefficient (Wildman–Crippen LogP) is 2.17. The zero-order chi connectivity index (χ0) is 22.1. The maximum absolute atomic E-state index is 12.5. The monoisotopic (exact) mass is 417 g/mol. The van der Waals surface area contributed by atoms with Gasteiger partial charge in [0.15, 0.2) is 12.4 Å². The molecule has 0 fully saturated rings. The SMILES string of the molecule is C[NH+](C)[C@H](CNC(=O)COc1ccc(C(=O)c2ccccc2)cc1)Cc1ccccc1. The molecule has 0 bridgehead atoms. The van der Waals surface area contributed by atoms with Gasteiger partial charge in [0.1, 0.15) is 11.8 Å². The minimum absolute atomic E-state index is 0.0412. The van der Waals surface area contributed by atoms with E-state index in [1.165, 1.54) is 10.5 Å².